The van der Waals surface area contributed by atoms with E-state index in [9.17, 15) is 28.8 Å². The molecule has 0 aliphatic carbocycles. The minimum absolute atomic E-state index is 0.102. The van der Waals surface area contributed by atoms with Crippen LogP contribution in [-0.4, -0.2) is 68.3 Å². The number of nitrogens with one attached hydrogen (secondary N) is 2. The lowest BCUT2D eigenvalue weighted by molar-refractivity contribution is -0.142. The van der Waals surface area contributed by atoms with E-state index in [0.29, 0.717) is 0 Å². The van der Waals surface area contributed by atoms with E-state index < -0.39 is 61.8 Å². The molecule has 13 nitrogen and oxygen atoms in total. The number of nitrogens with zero attached hydrogens (tertiary/aromatic N) is 2. The van der Waals surface area contributed by atoms with Gasteiger partial charge in [0.2, 0.25) is 0 Å². The summed E-state index contributed by atoms with van der Waals surface area (Å²) in [5.74, 6) is -1.27. The Kier molecular flexibility index (Phi) is 7.75. The zero-order chi connectivity index (χ0) is 27.8. The van der Waals surface area contributed by atoms with E-state index in [1.165, 1.54) is 32.9 Å². The summed E-state index contributed by atoms with van der Waals surface area (Å²) in [4.78, 5) is 30.7. The average Bonchev–Trinajstić information content (AvgIpc) is 3.30. The van der Waals surface area contributed by atoms with Crippen LogP contribution in [0.25, 0.3) is 11.0 Å². The average molecular weight is 554 g/mol. The number of hydrogen-bond donors (Lipinski definition) is 4. The Morgan fingerprint density at radius 3 is 2.74 bits per heavy atom. The first kappa shape index (κ1) is 27.9. The highest BCUT2D eigenvalue weighted by molar-refractivity contribution is 7.52. The molecule has 0 bridgehead atoms. The van der Waals surface area contributed by atoms with Gasteiger partial charge in [0, 0.05) is 6.20 Å². The summed E-state index contributed by atoms with van der Waals surface area (Å²) in [5.41, 5.74) is -2.83. The first-order valence-electron chi connectivity index (χ1n) is 11.5. The van der Waals surface area contributed by atoms with Crippen molar-refractivity contribution < 1.29 is 42.5 Å². The van der Waals surface area contributed by atoms with E-state index in [0.717, 1.165) is 17.9 Å². The van der Waals surface area contributed by atoms with Crippen molar-refractivity contribution in [2.45, 2.75) is 50.8 Å². The normalized spacial score (nSPS) is 25.7. The second-order valence-corrected chi connectivity index (χ2v) is 10.7. The van der Waals surface area contributed by atoms with Gasteiger partial charge in [0.05, 0.1) is 13.7 Å². The Morgan fingerprint density at radius 1 is 1.39 bits per heavy atom. The predicted molar refractivity (Wildman–Crippen MR) is 131 cm³/mol. The summed E-state index contributed by atoms with van der Waals surface area (Å²) in [5, 5.41) is 24.1. The number of halogens is 1. The van der Waals surface area contributed by atoms with Crippen LogP contribution in [0.15, 0.2) is 41.3 Å². The maximum atomic E-state index is 14.6. The topological polar surface area (TPSA) is 174 Å². The highest BCUT2D eigenvalue weighted by Gasteiger charge is 2.54. The second-order valence-electron chi connectivity index (χ2n) is 9.00. The van der Waals surface area contributed by atoms with E-state index >= 15 is 0 Å². The van der Waals surface area contributed by atoms with Crippen LogP contribution in [-0.2, 0) is 23.4 Å². The lowest BCUT2D eigenvalue weighted by atomic mass is 9.96. The fourth-order valence-corrected chi connectivity index (χ4v) is 5.63. The van der Waals surface area contributed by atoms with Gasteiger partial charge in [0.1, 0.15) is 40.8 Å². The lowest BCUT2D eigenvalue weighted by Crippen LogP contribution is -2.44. The van der Waals surface area contributed by atoms with Gasteiger partial charge in [-0.2, -0.15) is 5.09 Å². The zero-order valence-corrected chi connectivity index (χ0v) is 21.8. The van der Waals surface area contributed by atoms with Gasteiger partial charge in [-0.1, -0.05) is 18.2 Å². The number of fused-ring (bicyclic) bond motifs is 1. The summed E-state index contributed by atoms with van der Waals surface area (Å²) >= 11 is 0. The smallest absolute Gasteiger partial charge is 0.459 e. The van der Waals surface area contributed by atoms with Crippen LogP contribution in [0.3, 0.4) is 0 Å². The van der Waals surface area contributed by atoms with Crippen molar-refractivity contribution in [3.05, 3.63) is 58.5 Å². The molecule has 6 atom stereocenters. The summed E-state index contributed by atoms with van der Waals surface area (Å²) in [6.07, 6.45) is -3.37. The van der Waals surface area contributed by atoms with E-state index in [1.54, 1.807) is 18.2 Å². The monoisotopic (exact) mass is 554 g/mol. The minimum atomic E-state index is -4.27. The summed E-state index contributed by atoms with van der Waals surface area (Å²) in [6.45, 7) is 3.57. The quantitative estimate of drug-likeness (QED) is 0.223. The number of ether oxygens (including phenoxy) is 2. The highest BCUT2D eigenvalue weighted by atomic mass is 31.2. The predicted octanol–water partition coefficient (Wildman–Crippen LogP) is 1.54. The standard InChI is InChI=1S/C23H28FN4O9P/c1-12(21(31)34-4)27-38(33,37-14-8-6-5-7-9-14)35-11-16-18(29)23(3,32)22(36-16)28-10-15(24)17-19(28)25-13(2)26-20(17)30/h5-10,12,16,18,22,29,32H,11H2,1-4H3,(H,27,33)(H,25,26,30)/t12-,16+,18+,22+,23+,38?/m0/s1. The van der Waals surface area contributed by atoms with Crippen LogP contribution in [0.5, 0.6) is 5.75 Å². The van der Waals surface area contributed by atoms with Gasteiger partial charge >= 0.3 is 13.7 Å². The fourth-order valence-electron chi connectivity index (χ4n) is 4.13. The Labute approximate surface area is 216 Å². The van der Waals surface area contributed by atoms with E-state index in [-0.39, 0.29) is 22.6 Å². The molecule has 1 unspecified atom stereocenters. The number of aliphatic hydroxyl groups excluding tert-OH is 1. The fraction of sp³-hybridized carbons (Fsp3) is 0.435. The second kappa shape index (κ2) is 10.6. The molecule has 2 aromatic heterocycles. The molecule has 4 N–H and O–H groups in total. The number of carbonyl (C=O) groups is 1. The molecule has 3 aromatic rings. The third-order valence-electron chi connectivity index (χ3n) is 6.05. The van der Waals surface area contributed by atoms with Gasteiger partial charge in [0.15, 0.2) is 17.7 Å². The van der Waals surface area contributed by atoms with Gasteiger partial charge in [-0.3, -0.25) is 18.7 Å². The number of aromatic amines is 1. The zero-order valence-electron chi connectivity index (χ0n) is 21.0. The molecular formula is C23H28FN4O9P. The van der Waals surface area contributed by atoms with Crippen LogP contribution in [0.4, 0.5) is 4.39 Å². The largest absolute Gasteiger partial charge is 0.468 e. The molecule has 3 heterocycles. The van der Waals surface area contributed by atoms with Crippen molar-refractivity contribution >= 4 is 24.7 Å². The molecule has 15 heteroatoms. The molecule has 1 saturated heterocycles. The van der Waals surface area contributed by atoms with Crippen molar-refractivity contribution in [1.29, 1.82) is 0 Å². The Bertz CT molecular complexity index is 1430. The van der Waals surface area contributed by atoms with Crippen molar-refractivity contribution in [2.24, 2.45) is 0 Å². The number of H-pyrrole nitrogens is 1. The van der Waals surface area contributed by atoms with Crippen molar-refractivity contribution in [2.75, 3.05) is 13.7 Å². The number of rotatable bonds is 9. The number of aliphatic hydroxyl groups is 2. The van der Waals surface area contributed by atoms with Crippen molar-refractivity contribution in [1.82, 2.24) is 19.6 Å². The van der Waals surface area contributed by atoms with Crippen LogP contribution in [0, 0.1) is 12.7 Å². The van der Waals surface area contributed by atoms with Gasteiger partial charge < -0.3 is 29.2 Å². The Balaban J connectivity index is 1.60. The van der Waals surface area contributed by atoms with Gasteiger partial charge in [-0.05, 0) is 32.9 Å². The van der Waals surface area contributed by atoms with Crippen LogP contribution in [0.1, 0.15) is 25.9 Å². The molecular weight excluding hydrogens is 526 g/mol. The van der Waals surface area contributed by atoms with Gasteiger partial charge in [-0.25, -0.2) is 13.9 Å². The van der Waals surface area contributed by atoms with E-state index in [4.69, 9.17) is 13.8 Å². The number of carbonyl (C=O) groups excluding carboxylic acids is 1. The molecule has 1 aliphatic heterocycles. The van der Waals surface area contributed by atoms with E-state index in [1.807, 2.05) is 0 Å². The number of methoxy groups -OCH3 is 1. The molecule has 1 aliphatic rings. The third kappa shape index (κ3) is 5.37. The lowest BCUT2D eigenvalue weighted by Gasteiger charge is -2.27. The van der Waals surface area contributed by atoms with Gasteiger partial charge in [0.25, 0.3) is 5.56 Å². The molecule has 206 valence electrons. The molecule has 1 fully saturated rings. The Morgan fingerprint density at radius 2 is 2.08 bits per heavy atom. The highest BCUT2D eigenvalue weighted by Crippen LogP contribution is 2.47. The molecule has 0 spiro atoms. The summed E-state index contributed by atoms with van der Waals surface area (Å²) in [6, 6.07) is 6.93. The van der Waals surface area contributed by atoms with Crippen LogP contribution in [0.2, 0.25) is 0 Å². The number of aryl methyl sites for hydroxylation is 1. The number of para-hydroxylation sites is 1. The molecule has 4 rings (SSSR count). The summed E-state index contributed by atoms with van der Waals surface area (Å²) < 4.78 is 50.8. The molecule has 0 saturated carbocycles. The van der Waals surface area contributed by atoms with Crippen molar-refractivity contribution in [3.8, 4) is 5.75 Å². The van der Waals surface area contributed by atoms with Gasteiger partial charge in [-0.15, -0.1) is 0 Å². The minimum Gasteiger partial charge on any atom is -0.468 e. The van der Waals surface area contributed by atoms with Crippen molar-refractivity contribution in [3.63, 3.8) is 0 Å². The maximum absolute atomic E-state index is 14.6. The Hall–Kier alpha value is -3.13. The molecule has 0 amide bonds. The molecule has 0 radical (unpaired) electrons. The SMILES string of the molecule is COC(=O)[C@H](C)NP(=O)(OC[C@H]1O[C@@H](n2cc(F)c3c(=O)[nH]c(C)nc32)[C@](C)(O)[C@@H]1O)Oc1ccccc1. The first-order chi connectivity index (χ1) is 17.9. The number of aromatic nitrogens is 3. The third-order valence-corrected chi connectivity index (χ3v) is 7.69. The van der Waals surface area contributed by atoms with E-state index in [2.05, 4.69) is 19.8 Å². The number of benzene rings is 1. The number of esters is 1. The van der Waals surface area contributed by atoms with Crippen LogP contribution >= 0.6 is 7.75 Å². The number of hydrogen-bond acceptors (Lipinski definition) is 10. The first-order valence-corrected chi connectivity index (χ1v) is 13.1. The molecule has 38 heavy (non-hydrogen) atoms. The van der Waals surface area contributed by atoms with Crippen LogP contribution < -0.4 is 15.2 Å². The molecule has 1 aromatic carbocycles. The maximum Gasteiger partial charge on any atom is 0.459 e. The summed E-state index contributed by atoms with van der Waals surface area (Å²) in [7, 11) is -3.11.